The number of rotatable bonds is 8. The molecule has 1 aliphatic carbocycles. The predicted octanol–water partition coefficient (Wildman–Crippen LogP) is 4.66. The van der Waals surface area contributed by atoms with Crippen molar-refractivity contribution in [2.75, 3.05) is 6.61 Å². The molecule has 2 fully saturated rings. The first-order chi connectivity index (χ1) is 9.26. The Morgan fingerprint density at radius 2 is 1.89 bits per heavy atom. The van der Waals surface area contributed by atoms with Crippen LogP contribution in [-0.4, -0.2) is 18.0 Å². The van der Waals surface area contributed by atoms with E-state index in [9.17, 15) is 4.79 Å². The number of carbonyl (C=O) groups is 1. The highest BCUT2D eigenvalue weighted by Gasteiger charge is 2.43. The maximum Gasteiger partial charge on any atom is 0.136 e. The van der Waals surface area contributed by atoms with Gasteiger partial charge >= 0.3 is 0 Å². The fourth-order valence-corrected chi connectivity index (χ4v) is 3.51. The van der Waals surface area contributed by atoms with Crippen molar-refractivity contribution >= 4 is 5.78 Å². The third-order valence-corrected chi connectivity index (χ3v) is 4.99. The highest BCUT2D eigenvalue weighted by Crippen LogP contribution is 2.44. The normalized spacial score (nSPS) is 25.2. The summed E-state index contributed by atoms with van der Waals surface area (Å²) in [6.07, 6.45) is 14.1. The molecule has 0 bridgehead atoms. The van der Waals surface area contributed by atoms with Crippen LogP contribution in [0.15, 0.2) is 0 Å². The molecule has 0 amide bonds. The molecule has 0 aromatic rings. The van der Waals surface area contributed by atoms with Gasteiger partial charge < -0.3 is 4.74 Å². The van der Waals surface area contributed by atoms with Crippen LogP contribution in [0.4, 0.5) is 0 Å². The third kappa shape index (κ3) is 4.30. The number of unbranched alkanes of at least 4 members (excludes halogenated alkanes) is 5. The van der Waals surface area contributed by atoms with E-state index in [-0.39, 0.29) is 5.60 Å². The van der Waals surface area contributed by atoms with E-state index in [0.29, 0.717) is 11.7 Å². The summed E-state index contributed by atoms with van der Waals surface area (Å²) in [6.45, 7) is 3.05. The maximum absolute atomic E-state index is 12.3. The van der Waals surface area contributed by atoms with Gasteiger partial charge in [0.1, 0.15) is 5.78 Å². The number of ether oxygens (including phenoxy) is 1. The van der Waals surface area contributed by atoms with Crippen LogP contribution in [0.25, 0.3) is 0 Å². The maximum atomic E-state index is 12.3. The summed E-state index contributed by atoms with van der Waals surface area (Å²) in [4.78, 5) is 12.3. The standard InChI is InChI=1S/C17H30O2/c1-2-3-4-5-6-7-9-16(18)15-10-13-19-17(14-15)11-8-12-17/h15H,2-14H2,1H3. The van der Waals surface area contributed by atoms with Gasteiger partial charge in [0.05, 0.1) is 5.60 Å². The van der Waals surface area contributed by atoms with Gasteiger partial charge in [-0.05, 0) is 38.5 Å². The summed E-state index contributed by atoms with van der Waals surface area (Å²) in [5.74, 6) is 0.828. The zero-order valence-corrected chi connectivity index (χ0v) is 12.6. The molecule has 0 aromatic carbocycles. The zero-order chi connectivity index (χ0) is 13.6. The van der Waals surface area contributed by atoms with E-state index >= 15 is 0 Å². The molecule has 110 valence electrons. The lowest BCUT2D eigenvalue weighted by atomic mass is 9.71. The van der Waals surface area contributed by atoms with Crippen molar-refractivity contribution < 1.29 is 9.53 Å². The lowest BCUT2D eigenvalue weighted by molar-refractivity contribution is -0.155. The van der Waals surface area contributed by atoms with E-state index in [1.807, 2.05) is 0 Å². The molecule has 1 atom stereocenters. The molecule has 2 nitrogen and oxygen atoms in total. The SMILES string of the molecule is CCCCCCCCC(=O)C1CCOC2(CCC2)C1. The second-order valence-electron chi connectivity index (χ2n) is 6.56. The lowest BCUT2D eigenvalue weighted by Crippen LogP contribution is -2.47. The highest BCUT2D eigenvalue weighted by atomic mass is 16.5. The second kappa shape index (κ2) is 7.42. The smallest absolute Gasteiger partial charge is 0.136 e. The quantitative estimate of drug-likeness (QED) is 0.597. The Morgan fingerprint density at radius 1 is 1.16 bits per heavy atom. The minimum absolute atomic E-state index is 0.125. The first-order valence-corrected chi connectivity index (χ1v) is 8.42. The number of hydrogen-bond donors (Lipinski definition) is 0. The minimum atomic E-state index is 0.125. The molecule has 2 aliphatic rings. The van der Waals surface area contributed by atoms with Gasteiger partial charge in [-0.2, -0.15) is 0 Å². The summed E-state index contributed by atoms with van der Waals surface area (Å²) >= 11 is 0. The van der Waals surface area contributed by atoms with Gasteiger partial charge in [-0.15, -0.1) is 0 Å². The molecule has 0 N–H and O–H groups in total. The van der Waals surface area contributed by atoms with Crippen molar-refractivity contribution in [3.63, 3.8) is 0 Å². The Kier molecular flexibility index (Phi) is 5.87. The van der Waals surface area contributed by atoms with Crippen LogP contribution in [0.3, 0.4) is 0 Å². The fourth-order valence-electron chi connectivity index (χ4n) is 3.51. The van der Waals surface area contributed by atoms with Crippen LogP contribution in [0, 0.1) is 5.92 Å². The van der Waals surface area contributed by atoms with Crippen LogP contribution in [0.2, 0.25) is 0 Å². The summed E-state index contributed by atoms with van der Waals surface area (Å²) in [5.41, 5.74) is 0.125. The Hall–Kier alpha value is -0.370. The molecule has 0 aromatic heterocycles. The van der Waals surface area contributed by atoms with Gasteiger partial charge in [-0.1, -0.05) is 39.0 Å². The molecule has 1 heterocycles. The minimum Gasteiger partial charge on any atom is -0.375 e. The molecule has 2 rings (SSSR count). The van der Waals surface area contributed by atoms with E-state index in [4.69, 9.17) is 4.74 Å². The molecular formula is C17H30O2. The van der Waals surface area contributed by atoms with Gasteiger partial charge in [0.15, 0.2) is 0 Å². The van der Waals surface area contributed by atoms with Gasteiger partial charge in [-0.25, -0.2) is 0 Å². The molecule has 19 heavy (non-hydrogen) atoms. The summed E-state index contributed by atoms with van der Waals surface area (Å²) in [5, 5.41) is 0. The predicted molar refractivity (Wildman–Crippen MR) is 78.3 cm³/mol. The summed E-state index contributed by atoms with van der Waals surface area (Å²) in [7, 11) is 0. The van der Waals surface area contributed by atoms with Crippen molar-refractivity contribution in [2.45, 2.75) is 89.6 Å². The number of ketones is 1. The molecule has 2 heteroatoms. The zero-order valence-electron chi connectivity index (χ0n) is 12.6. The van der Waals surface area contributed by atoms with Crippen molar-refractivity contribution in [3.05, 3.63) is 0 Å². The molecule has 1 saturated heterocycles. The molecule has 0 radical (unpaired) electrons. The monoisotopic (exact) mass is 266 g/mol. The van der Waals surface area contributed by atoms with Crippen LogP contribution in [0.5, 0.6) is 0 Å². The molecule has 1 saturated carbocycles. The lowest BCUT2D eigenvalue weighted by Gasteiger charge is -2.46. The van der Waals surface area contributed by atoms with Crippen molar-refractivity contribution in [2.24, 2.45) is 5.92 Å². The molecule has 1 unspecified atom stereocenters. The van der Waals surface area contributed by atoms with Crippen LogP contribution >= 0.6 is 0 Å². The number of carbonyl (C=O) groups excluding carboxylic acids is 1. The van der Waals surface area contributed by atoms with Crippen molar-refractivity contribution in [1.82, 2.24) is 0 Å². The van der Waals surface area contributed by atoms with Crippen LogP contribution in [-0.2, 0) is 9.53 Å². The first kappa shape index (κ1) is 15.0. The second-order valence-corrected chi connectivity index (χ2v) is 6.56. The van der Waals surface area contributed by atoms with Gasteiger partial charge in [0, 0.05) is 18.9 Å². The number of hydrogen-bond acceptors (Lipinski definition) is 2. The average molecular weight is 266 g/mol. The van der Waals surface area contributed by atoms with Crippen molar-refractivity contribution in [3.8, 4) is 0 Å². The van der Waals surface area contributed by atoms with Gasteiger partial charge in [-0.3, -0.25) is 4.79 Å². The topological polar surface area (TPSA) is 26.3 Å². The highest BCUT2D eigenvalue weighted by molar-refractivity contribution is 5.81. The van der Waals surface area contributed by atoms with Gasteiger partial charge in [0.25, 0.3) is 0 Å². The molecule has 1 spiro atoms. The Labute approximate surface area is 118 Å². The van der Waals surface area contributed by atoms with E-state index in [1.54, 1.807) is 0 Å². The summed E-state index contributed by atoms with van der Waals surface area (Å²) < 4.78 is 5.90. The fraction of sp³-hybridized carbons (Fsp3) is 0.941. The van der Waals surface area contributed by atoms with E-state index < -0.39 is 0 Å². The largest absolute Gasteiger partial charge is 0.375 e. The van der Waals surface area contributed by atoms with E-state index in [1.165, 1.54) is 51.4 Å². The molecular weight excluding hydrogens is 236 g/mol. The number of Topliss-reactive ketones (excluding diaryl/α,β-unsaturated/α-hetero) is 1. The Balaban J connectivity index is 1.60. The van der Waals surface area contributed by atoms with Gasteiger partial charge in [0.2, 0.25) is 0 Å². The summed E-state index contributed by atoms with van der Waals surface area (Å²) in [6, 6.07) is 0. The average Bonchev–Trinajstić information content (AvgIpc) is 2.41. The van der Waals surface area contributed by atoms with Crippen LogP contribution in [0.1, 0.15) is 84.0 Å². The first-order valence-electron chi connectivity index (χ1n) is 8.42. The van der Waals surface area contributed by atoms with E-state index in [2.05, 4.69) is 6.92 Å². The Morgan fingerprint density at radius 3 is 2.58 bits per heavy atom. The van der Waals surface area contributed by atoms with Crippen molar-refractivity contribution in [1.29, 1.82) is 0 Å². The van der Waals surface area contributed by atoms with Crippen LogP contribution < -0.4 is 0 Å². The third-order valence-electron chi connectivity index (χ3n) is 4.99. The van der Waals surface area contributed by atoms with E-state index in [0.717, 1.165) is 32.3 Å². The molecule has 1 aliphatic heterocycles. The Bertz CT molecular complexity index is 281.